The first kappa shape index (κ1) is 17.0. The van der Waals surface area contributed by atoms with Crippen molar-refractivity contribution in [3.05, 3.63) is 17.0 Å². The maximum Gasteiger partial charge on any atom is 0.220 e. The van der Waals surface area contributed by atoms with Crippen molar-refractivity contribution < 1.29 is 9.53 Å². The van der Waals surface area contributed by atoms with Crippen LogP contribution in [0.4, 0.5) is 0 Å². The number of aromatic nitrogens is 2. The second-order valence-corrected chi connectivity index (χ2v) is 6.75. The van der Waals surface area contributed by atoms with Crippen molar-refractivity contribution >= 4 is 5.91 Å². The molecule has 0 bridgehead atoms. The van der Waals surface area contributed by atoms with E-state index in [2.05, 4.69) is 37.7 Å². The molecule has 0 aromatic carbocycles. The summed E-state index contributed by atoms with van der Waals surface area (Å²) in [6, 6.07) is 0.348. The van der Waals surface area contributed by atoms with Gasteiger partial charge in [0, 0.05) is 43.1 Å². The highest BCUT2D eigenvalue weighted by molar-refractivity contribution is 5.76. The molecule has 0 atom stereocenters. The molecule has 1 aliphatic heterocycles. The molecule has 0 saturated heterocycles. The third-order valence-corrected chi connectivity index (χ3v) is 4.05. The minimum Gasteiger partial charge on any atom is -0.376 e. The second kappa shape index (κ2) is 7.77. The number of carbonyl (C=O) groups is 1. The highest BCUT2D eigenvalue weighted by atomic mass is 16.5. The van der Waals surface area contributed by atoms with Crippen molar-refractivity contribution in [2.45, 2.75) is 66.0 Å². The fourth-order valence-electron chi connectivity index (χ4n) is 2.78. The number of nitrogens with zero attached hydrogens (tertiary/aromatic N) is 2. The highest BCUT2D eigenvalue weighted by Crippen LogP contribution is 2.24. The number of amides is 1. The largest absolute Gasteiger partial charge is 0.376 e. The lowest BCUT2D eigenvalue weighted by atomic mass is 10.1. The number of rotatable bonds is 7. The molecule has 5 nitrogen and oxygen atoms in total. The molecule has 1 aromatic heterocycles. The minimum atomic E-state index is 0.116. The molecule has 0 aliphatic carbocycles. The third-order valence-electron chi connectivity index (χ3n) is 4.05. The summed E-state index contributed by atoms with van der Waals surface area (Å²) in [5.74, 6) is 0.733. The zero-order valence-electron chi connectivity index (χ0n) is 14.3. The fourth-order valence-corrected chi connectivity index (χ4v) is 2.78. The topological polar surface area (TPSA) is 56.2 Å². The van der Waals surface area contributed by atoms with E-state index in [9.17, 15) is 4.79 Å². The van der Waals surface area contributed by atoms with Gasteiger partial charge >= 0.3 is 0 Å². The van der Waals surface area contributed by atoms with E-state index < -0.39 is 0 Å². The molecule has 0 saturated carbocycles. The Kier molecular flexibility index (Phi) is 6.00. The molecule has 1 amide bonds. The van der Waals surface area contributed by atoms with Crippen molar-refractivity contribution in [3.8, 4) is 0 Å². The number of nitrogens with one attached hydrogen (secondary N) is 1. The lowest BCUT2D eigenvalue weighted by Crippen LogP contribution is -2.25. The Hall–Kier alpha value is -1.36. The van der Waals surface area contributed by atoms with E-state index in [0.717, 1.165) is 31.7 Å². The summed E-state index contributed by atoms with van der Waals surface area (Å²) in [7, 11) is 0. The lowest BCUT2D eigenvalue weighted by Gasteiger charge is -2.16. The molecule has 0 unspecified atom stereocenters. The van der Waals surface area contributed by atoms with Crippen LogP contribution in [-0.2, 0) is 29.0 Å². The van der Waals surface area contributed by atoms with Crippen molar-refractivity contribution in [2.75, 3.05) is 13.2 Å². The zero-order valence-corrected chi connectivity index (χ0v) is 14.3. The molecule has 0 radical (unpaired) electrons. The molecule has 1 aliphatic rings. The summed E-state index contributed by atoms with van der Waals surface area (Å²) in [6.45, 7) is 10.8. The van der Waals surface area contributed by atoms with E-state index in [1.54, 1.807) is 0 Å². The predicted octanol–water partition coefficient (Wildman–Crippen LogP) is 2.63. The van der Waals surface area contributed by atoms with Crippen LogP contribution in [0.1, 0.15) is 63.5 Å². The molecule has 0 spiro atoms. The van der Waals surface area contributed by atoms with Gasteiger partial charge < -0.3 is 10.1 Å². The van der Waals surface area contributed by atoms with Crippen molar-refractivity contribution in [2.24, 2.45) is 5.92 Å². The summed E-state index contributed by atoms with van der Waals surface area (Å²) >= 11 is 0. The summed E-state index contributed by atoms with van der Waals surface area (Å²) in [4.78, 5) is 11.9. The van der Waals surface area contributed by atoms with E-state index in [1.165, 1.54) is 11.3 Å². The normalized spacial score (nSPS) is 14.5. The van der Waals surface area contributed by atoms with Gasteiger partial charge in [-0.2, -0.15) is 5.10 Å². The Labute approximate surface area is 133 Å². The molecule has 124 valence electrons. The summed E-state index contributed by atoms with van der Waals surface area (Å²) < 4.78 is 7.67. The number of aryl methyl sites for hydroxylation is 1. The van der Waals surface area contributed by atoms with Crippen LogP contribution in [-0.4, -0.2) is 28.8 Å². The SMILES string of the molecule is CC(C)CCNC(=O)CCc1nn(C(C)C)c2c1COCC2. The van der Waals surface area contributed by atoms with Gasteiger partial charge in [0.15, 0.2) is 0 Å². The summed E-state index contributed by atoms with van der Waals surface area (Å²) in [6.07, 6.45) is 3.14. The molecule has 1 aromatic rings. The van der Waals surface area contributed by atoms with Gasteiger partial charge in [-0.25, -0.2) is 0 Å². The van der Waals surface area contributed by atoms with Gasteiger partial charge in [0.25, 0.3) is 0 Å². The van der Waals surface area contributed by atoms with Crippen LogP contribution in [0.5, 0.6) is 0 Å². The van der Waals surface area contributed by atoms with E-state index in [4.69, 9.17) is 9.84 Å². The van der Waals surface area contributed by atoms with Crippen LogP contribution in [0.2, 0.25) is 0 Å². The van der Waals surface area contributed by atoms with Gasteiger partial charge in [0.2, 0.25) is 5.91 Å². The molecule has 2 rings (SSSR count). The van der Waals surface area contributed by atoms with E-state index in [-0.39, 0.29) is 5.91 Å². The smallest absolute Gasteiger partial charge is 0.220 e. The molecule has 22 heavy (non-hydrogen) atoms. The average Bonchev–Trinajstić information content (AvgIpc) is 2.84. The first-order chi connectivity index (χ1) is 10.5. The number of ether oxygens (including phenoxy) is 1. The number of carbonyl (C=O) groups excluding carboxylic acids is 1. The van der Waals surface area contributed by atoms with Gasteiger partial charge in [-0.05, 0) is 26.2 Å². The van der Waals surface area contributed by atoms with Crippen LogP contribution >= 0.6 is 0 Å². The first-order valence-corrected chi connectivity index (χ1v) is 8.42. The third kappa shape index (κ3) is 4.32. The van der Waals surface area contributed by atoms with Gasteiger partial charge in [0.1, 0.15) is 0 Å². The molecular weight excluding hydrogens is 278 g/mol. The van der Waals surface area contributed by atoms with Crippen LogP contribution in [0.15, 0.2) is 0 Å². The molecule has 2 heterocycles. The quantitative estimate of drug-likeness (QED) is 0.842. The van der Waals surface area contributed by atoms with E-state index in [1.807, 2.05) is 0 Å². The summed E-state index contributed by atoms with van der Waals surface area (Å²) in [5, 5.41) is 7.72. The average molecular weight is 307 g/mol. The molecule has 0 fully saturated rings. The second-order valence-electron chi connectivity index (χ2n) is 6.75. The Balaban J connectivity index is 1.94. The summed E-state index contributed by atoms with van der Waals surface area (Å²) in [5.41, 5.74) is 3.52. The fraction of sp³-hybridized carbons (Fsp3) is 0.765. The van der Waals surface area contributed by atoms with Crippen LogP contribution < -0.4 is 5.32 Å². The van der Waals surface area contributed by atoms with Crippen molar-refractivity contribution in [3.63, 3.8) is 0 Å². The van der Waals surface area contributed by atoms with Gasteiger partial charge in [-0.1, -0.05) is 13.8 Å². The van der Waals surface area contributed by atoms with Crippen LogP contribution in [0.3, 0.4) is 0 Å². The van der Waals surface area contributed by atoms with E-state index in [0.29, 0.717) is 31.4 Å². The van der Waals surface area contributed by atoms with Gasteiger partial charge in [-0.15, -0.1) is 0 Å². The molecule has 5 heteroatoms. The highest BCUT2D eigenvalue weighted by Gasteiger charge is 2.22. The minimum absolute atomic E-state index is 0.116. The Morgan fingerprint density at radius 2 is 2.14 bits per heavy atom. The van der Waals surface area contributed by atoms with Gasteiger partial charge in [0.05, 0.1) is 18.9 Å². The standard InChI is InChI=1S/C17H29N3O2/c1-12(2)7-9-18-17(21)6-5-15-14-11-22-10-8-16(14)20(19-15)13(3)4/h12-13H,5-11H2,1-4H3,(H,18,21). The Morgan fingerprint density at radius 3 is 2.82 bits per heavy atom. The zero-order chi connectivity index (χ0) is 16.1. The maximum absolute atomic E-state index is 11.9. The molecule has 1 N–H and O–H groups in total. The Bertz CT molecular complexity index is 506. The number of hydrogen-bond donors (Lipinski definition) is 1. The number of hydrogen-bond acceptors (Lipinski definition) is 3. The van der Waals surface area contributed by atoms with Crippen LogP contribution in [0, 0.1) is 5.92 Å². The molecular formula is C17H29N3O2. The Morgan fingerprint density at radius 1 is 1.36 bits per heavy atom. The maximum atomic E-state index is 11.9. The van der Waals surface area contributed by atoms with Crippen LogP contribution in [0.25, 0.3) is 0 Å². The van der Waals surface area contributed by atoms with Crippen molar-refractivity contribution in [1.82, 2.24) is 15.1 Å². The van der Waals surface area contributed by atoms with Gasteiger partial charge in [-0.3, -0.25) is 9.48 Å². The lowest BCUT2D eigenvalue weighted by molar-refractivity contribution is -0.121. The van der Waals surface area contributed by atoms with E-state index >= 15 is 0 Å². The predicted molar refractivity (Wildman–Crippen MR) is 86.8 cm³/mol. The number of fused-ring (bicyclic) bond motifs is 1. The van der Waals surface area contributed by atoms with Crippen molar-refractivity contribution in [1.29, 1.82) is 0 Å². The monoisotopic (exact) mass is 307 g/mol. The first-order valence-electron chi connectivity index (χ1n) is 8.42.